The van der Waals surface area contributed by atoms with Crippen LogP contribution in [0.1, 0.15) is 11.1 Å². The summed E-state index contributed by atoms with van der Waals surface area (Å²) in [5, 5.41) is 25.3. The van der Waals surface area contributed by atoms with Gasteiger partial charge in [-0.3, -0.25) is 4.79 Å². The van der Waals surface area contributed by atoms with Crippen LogP contribution in [0.4, 0.5) is 11.4 Å². The van der Waals surface area contributed by atoms with Crippen molar-refractivity contribution < 1.29 is 15.0 Å². The molecule has 0 radical (unpaired) electrons. The van der Waals surface area contributed by atoms with Gasteiger partial charge in [-0.15, -0.1) is 0 Å². The lowest BCUT2D eigenvalue weighted by Gasteiger charge is -2.19. The Morgan fingerprint density at radius 2 is 1.00 bits per heavy atom. The standard InChI is InChI=1S/C21H22N2O3/c1-22(2)15-9-5-13(6-10-15)17-19(24)18(21(26)20(17)25)14-7-11-16(12-8-14)23(3)4/h5-12,24H,1-4H3,(H,25,26)/p-2. The number of allylic oxidation sites excluding steroid dienone is 2. The third kappa shape index (κ3) is 2.92. The molecule has 26 heavy (non-hydrogen) atoms. The molecule has 0 aliphatic heterocycles. The predicted molar refractivity (Wildman–Crippen MR) is 100 cm³/mol. The SMILES string of the molecule is CN(C)c1ccc(C2=C([O-])C(c3ccc(N(C)C)cc3)=C([O-])C2=O)cc1. The number of hydrogen-bond donors (Lipinski definition) is 0. The summed E-state index contributed by atoms with van der Waals surface area (Å²) in [6, 6.07) is 14.1. The maximum atomic E-state index is 12.8. The molecule has 0 atom stereocenters. The van der Waals surface area contributed by atoms with Gasteiger partial charge in [0.1, 0.15) is 0 Å². The topological polar surface area (TPSA) is 69.7 Å². The molecule has 0 aromatic heterocycles. The van der Waals surface area contributed by atoms with Gasteiger partial charge in [0.25, 0.3) is 0 Å². The van der Waals surface area contributed by atoms with Gasteiger partial charge in [0.2, 0.25) is 0 Å². The third-order valence-electron chi connectivity index (χ3n) is 4.46. The van der Waals surface area contributed by atoms with Crippen molar-refractivity contribution in [2.75, 3.05) is 38.0 Å². The smallest absolute Gasteiger partial charge is 0.178 e. The Bertz CT molecular complexity index is 905. The Morgan fingerprint density at radius 1 is 0.615 bits per heavy atom. The van der Waals surface area contributed by atoms with Gasteiger partial charge in [-0.1, -0.05) is 35.8 Å². The van der Waals surface area contributed by atoms with Crippen molar-refractivity contribution in [1.29, 1.82) is 0 Å². The van der Waals surface area contributed by atoms with E-state index in [0.29, 0.717) is 11.1 Å². The van der Waals surface area contributed by atoms with E-state index in [4.69, 9.17) is 0 Å². The second-order valence-corrected chi connectivity index (χ2v) is 6.62. The molecule has 134 valence electrons. The number of Topliss-reactive ketones (excluding diaryl/α,β-unsaturated/α-hetero) is 1. The van der Waals surface area contributed by atoms with Crippen LogP contribution in [0.3, 0.4) is 0 Å². The number of anilines is 2. The van der Waals surface area contributed by atoms with Gasteiger partial charge in [0.05, 0.1) is 0 Å². The second-order valence-electron chi connectivity index (χ2n) is 6.62. The van der Waals surface area contributed by atoms with Crippen LogP contribution in [0.15, 0.2) is 60.0 Å². The van der Waals surface area contributed by atoms with E-state index in [-0.39, 0.29) is 11.1 Å². The van der Waals surface area contributed by atoms with Crippen molar-refractivity contribution in [1.82, 2.24) is 0 Å². The normalized spacial score (nSPS) is 14.2. The van der Waals surface area contributed by atoms with Gasteiger partial charge in [-0.2, -0.15) is 0 Å². The Kier molecular flexibility index (Phi) is 4.47. The van der Waals surface area contributed by atoms with Crippen molar-refractivity contribution in [3.63, 3.8) is 0 Å². The lowest BCUT2D eigenvalue weighted by molar-refractivity contribution is -0.301. The number of carbonyl (C=O) groups is 1. The van der Waals surface area contributed by atoms with Gasteiger partial charge in [-0.05, 0) is 41.0 Å². The lowest BCUT2D eigenvalue weighted by atomic mass is 10.0. The van der Waals surface area contributed by atoms with Gasteiger partial charge < -0.3 is 20.0 Å². The first kappa shape index (κ1) is 17.6. The summed E-state index contributed by atoms with van der Waals surface area (Å²) in [6.07, 6.45) is 0. The van der Waals surface area contributed by atoms with Crippen LogP contribution in [0.5, 0.6) is 0 Å². The summed E-state index contributed by atoms with van der Waals surface area (Å²) in [7, 11) is 7.61. The largest absolute Gasteiger partial charge is 0.872 e. The molecule has 0 fully saturated rings. The van der Waals surface area contributed by atoms with Crippen molar-refractivity contribution in [3.8, 4) is 0 Å². The van der Waals surface area contributed by atoms with E-state index in [1.807, 2.05) is 62.3 Å². The maximum Gasteiger partial charge on any atom is 0.178 e. The highest BCUT2D eigenvalue weighted by atomic mass is 16.3. The Morgan fingerprint density at radius 3 is 1.38 bits per heavy atom. The van der Waals surface area contributed by atoms with Crippen LogP contribution in [0, 0.1) is 0 Å². The average molecular weight is 348 g/mol. The van der Waals surface area contributed by atoms with E-state index < -0.39 is 17.3 Å². The second kappa shape index (κ2) is 6.59. The van der Waals surface area contributed by atoms with Gasteiger partial charge in [0, 0.05) is 45.1 Å². The van der Waals surface area contributed by atoms with E-state index in [1.165, 1.54) is 0 Å². The van der Waals surface area contributed by atoms with Crippen molar-refractivity contribution in [2.24, 2.45) is 0 Å². The molecular formula is C21H20N2O3-2. The molecule has 1 aliphatic rings. The molecule has 0 amide bonds. The molecule has 0 saturated heterocycles. The number of rotatable bonds is 4. The highest BCUT2D eigenvalue weighted by molar-refractivity contribution is 6.36. The zero-order valence-electron chi connectivity index (χ0n) is 15.2. The number of ketones is 1. The van der Waals surface area contributed by atoms with Gasteiger partial charge in [0.15, 0.2) is 5.78 Å². The van der Waals surface area contributed by atoms with E-state index >= 15 is 0 Å². The molecule has 0 bridgehead atoms. The number of nitrogens with zero attached hydrogens (tertiary/aromatic N) is 2. The van der Waals surface area contributed by atoms with E-state index in [0.717, 1.165) is 11.4 Å². The minimum Gasteiger partial charge on any atom is -0.872 e. The Hall–Kier alpha value is -3.21. The first-order valence-electron chi connectivity index (χ1n) is 8.24. The fourth-order valence-electron chi connectivity index (χ4n) is 2.94. The molecule has 0 saturated carbocycles. The molecule has 2 aromatic rings. The van der Waals surface area contributed by atoms with Crippen LogP contribution in [0.25, 0.3) is 11.1 Å². The van der Waals surface area contributed by atoms with Crippen LogP contribution in [-0.2, 0) is 4.79 Å². The maximum absolute atomic E-state index is 12.8. The highest BCUT2D eigenvalue weighted by Crippen LogP contribution is 2.37. The summed E-state index contributed by atoms with van der Waals surface area (Å²) in [4.78, 5) is 16.3. The zero-order chi connectivity index (χ0) is 19.0. The fourth-order valence-corrected chi connectivity index (χ4v) is 2.94. The summed E-state index contributed by atoms with van der Waals surface area (Å²) in [5.41, 5.74) is 2.74. The lowest BCUT2D eigenvalue weighted by Crippen LogP contribution is -2.14. The van der Waals surface area contributed by atoms with Gasteiger partial charge in [-0.25, -0.2) is 0 Å². The fraction of sp³-hybridized carbons (Fsp3) is 0.190. The summed E-state index contributed by atoms with van der Waals surface area (Å²) in [5.74, 6) is -1.98. The number of carbonyl (C=O) groups excluding carboxylic acids is 1. The van der Waals surface area contributed by atoms with E-state index in [2.05, 4.69) is 0 Å². The van der Waals surface area contributed by atoms with E-state index in [1.54, 1.807) is 24.3 Å². The van der Waals surface area contributed by atoms with Crippen molar-refractivity contribution in [3.05, 3.63) is 71.2 Å². The molecule has 5 nitrogen and oxygen atoms in total. The monoisotopic (exact) mass is 348 g/mol. The van der Waals surface area contributed by atoms with Crippen LogP contribution < -0.4 is 20.0 Å². The molecule has 3 rings (SSSR count). The predicted octanol–water partition coefficient (Wildman–Crippen LogP) is 1.24. The number of benzene rings is 2. The summed E-state index contributed by atoms with van der Waals surface area (Å²) in [6.45, 7) is 0. The average Bonchev–Trinajstić information content (AvgIpc) is 2.84. The Labute approximate surface area is 153 Å². The van der Waals surface area contributed by atoms with Gasteiger partial charge >= 0.3 is 0 Å². The zero-order valence-corrected chi connectivity index (χ0v) is 15.2. The van der Waals surface area contributed by atoms with Crippen LogP contribution in [-0.4, -0.2) is 34.0 Å². The minimum atomic E-state index is -0.737. The molecule has 5 heteroatoms. The molecule has 1 aliphatic carbocycles. The molecule has 0 heterocycles. The molecule has 0 spiro atoms. The molecular weight excluding hydrogens is 328 g/mol. The quantitative estimate of drug-likeness (QED) is 0.832. The molecule has 2 aromatic carbocycles. The number of hydrogen-bond acceptors (Lipinski definition) is 5. The minimum absolute atomic E-state index is 0.0491. The third-order valence-corrected chi connectivity index (χ3v) is 4.46. The molecule has 0 N–H and O–H groups in total. The first-order valence-corrected chi connectivity index (χ1v) is 8.24. The van der Waals surface area contributed by atoms with Crippen molar-refractivity contribution >= 4 is 28.3 Å². The summed E-state index contributed by atoms with van der Waals surface area (Å²) < 4.78 is 0. The van der Waals surface area contributed by atoms with Crippen LogP contribution >= 0.6 is 0 Å². The van der Waals surface area contributed by atoms with Crippen molar-refractivity contribution in [2.45, 2.75) is 0 Å². The Balaban J connectivity index is 2.02. The highest BCUT2D eigenvalue weighted by Gasteiger charge is 2.24. The molecule has 0 unspecified atom stereocenters. The van der Waals surface area contributed by atoms with Crippen LogP contribution in [0.2, 0.25) is 0 Å². The first-order chi connectivity index (χ1) is 12.3. The summed E-state index contributed by atoms with van der Waals surface area (Å²) >= 11 is 0. The van der Waals surface area contributed by atoms with E-state index in [9.17, 15) is 15.0 Å².